The van der Waals surface area contributed by atoms with Crippen molar-refractivity contribution in [2.75, 3.05) is 25.0 Å². The quantitative estimate of drug-likeness (QED) is 0.706. The van der Waals surface area contributed by atoms with E-state index < -0.39 is 0 Å². The molecule has 0 bridgehead atoms. The van der Waals surface area contributed by atoms with Crippen LogP contribution in [0, 0.1) is 0 Å². The van der Waals surface area contributed by atoms with Crippen LogP contribution < -0.4 is 10.2 Å². The van der Waals surface area contributed by atoms with Gasteiger partial charge in [0.1, 0.15) is 0 Å². The first-order valence-corrected chi connectivity index (χ1v) is 9.94. The van der Waals surface area contributed by atoms with Gasteiger partial charge in [0, 0.05) is 15.6 Å². The highest BCUT2D eigenvalue weighted by atomic mass is 79.9. The maximum absolute atomic E-state index is 12.9. The van der Waals surface area contributed by atoms with Crippen LogP contribution in [-0.2, 0) is 4.79 Å². The Balaban J connectivity index is 1.80. The van der Waals surface area contributed by atoms with E-state index in [0.717, 1.165) is 30.4 Å². The number of hydrogen-bond donors (Lipinski definition) is 2. The number of hydrogen-bond acceptors (Lipinski definition) is 2. The Bertz CT molecular complexity index is 819. The van der Waals surface area contributed by atoms with Gasteiger partial charge in [-0.05, 0) is 49.6 Å². The Hall–Kier alpha value is -1.69. The fourth-order valence-electron chi connectivity index (χ4n) is 3.25. The molecule has 1 amide bonds. The van der Waals surface area contributed by atoms with Crippen molar-refractivity contribution in [2.45, 2.75) is 19.3 Å². The second-order valence-electron chi connectivity index (χ2n) is 6.53. The summed E-state index contributed by atoms with van der Waals surface area (Å²) in [4.78, 5) is 26.7. The molecule has 0 aliphatic carbocycles. The summed E-state index contributed by atoms with van der Waals surface area (Å²) in [5.41, 5.74) is 1.36. The molecule has 0 saturated carbocycles. The third-order valence-electron chi connectivity index (χ3n) is 4.59. The topological polar surface area (TPSA) is 50.6 Å². The van der Waals surface area contributed by atoms with Gasteiger partial charge in [0.05, 0.1) is 23.8 Å². The van der Waals surface area contributed by atoms with Crippen molar-refractivity contribution in [1.29, 1.82) is 0 Å². The van der Waals surface area contributed by atoms with E-state index in [4.69, 9.17) is 11.6 Å². The van der Waals surface area contributed by atoms with E-state index in [-0.39, 0.29) is 11.7 Å². The summed E-state index contributed by atoms with van der Waals surface area (Å²) in [5.74, 6) is -0.282. The molecule has 136 valence electrons. The van der Waals surface area contributed by atoms with Crippen LogP contribution in [0.4, 0.5) is 5.69 Å². The number of likely N-dealkylation sites (tertiary alicyclic amines) is 1. The zero-order valence-corrected chi connectivity index (χ0v) is 16.7. The van der Waals surface area contributed by atoms with Crippen LogP contribution in [0.15, 0.2) is 46.9 Å². The molecule has 2 N–H and O–H groups in total. The standard InChI is InChI=1S/C20H20BrClN2O2/c21-14-8-9-18(23-19(25)13-24-10-4-1-5-11-24)16(12-14)20(26)15-6-2-3-7-17(15)22/h2-3,6-9,12H,1,4-5,10-11,13H2,(H,23,25)/p+1. The van der Waals surface area contributed by atoms with Crippen LogP contribution in [0.5, 0.6) is 0 Å². The van der Waals surface area contributed by atoms with E-state index in [1.807, 2.05) is 6.07 Å². The molecular formula is C20H21BrClN2O2+. The third-order valence-corrected chi connectivity index (χ3v) is 5.41. The first kappa shape index (κ1) is 19.1. The summed E-state index contributed by atoms with van der Waals surface area (Å²) in [6, 6.07) is 12.2. The van der Waals surface area contributed by atoms with Gasteiger partial charge in [-0.2, -0.15) is 0 Å². The molecule has 1 fully saturated rings. The number of nitrogens with one attached hydrogen (secondary N) is 2. The highest BCUT2D eigenvalue weighted by molar-refractivity contribution is 9.10. The molecule has 26 heavy (non-hydrogen) atoms. The number of carbonyl (C=O) groups is 2. The van der Waals surface area contributed by atoms with E-state index in [9.17, 15) is 9.59 Å². The number of carbonyl (C=O) groups excluding carboxylic acids is 2. The minimum atomic E-state index is -0.211. The van der Waals surface area contributed by atoms with Gasteiger partial charge < -0.3 is 10.2 Å². The second-order valence-corrected chi connectivity index (χ2v) is 7.86. The Morgan fingerprint density at radius 3 is 2.50 bits per heavy atom. The number of piperidine rings is 1. The van der Waals surface area contributed by atoms with Crippen molar-refractivity contribution in [2.24, 2.45) is 0 Å². The Labute approximate surface area is 166 Å². The van der Waals surface area contributed by atoms with E-state index in [1.54, 1.807) is 36.4 Å². The molecule has 3 rings (SSSR count). The second kappa shape index (κ2) is 8.80. The average Bonchev–Trinajstić information content (AvgIpc) is 2.64. The van der Waals surface area contributed by atoms with Crippen molar-refractivity contribution < 1.29 is 14.5 Å². The van der Waals surface area contributed by atoms with Gasteiger partial charge in [0.15, 0.2) is 12.3 Å². The molecular weight excluding hydrogens is 416 g/mol. The molecule has 0 radical (unpaired) electrons. The van der Waals surface area contributed by atoms with Crippen molar-refractivity contribution in [3.8, 4) is 0 Å². The maximum atomic E-state index is 12.9. The molecule has 1 saturated heterocycles. The molecule has 0 aromatic heterocycles. The van der Waals surface area contributed by atoms with E-state index in [2.05, 4.69) is 21.2 Å². The van der Waals surface area contributed by atoms with Gasteiger partial charge in [0.25, 0.3) is 5.91 Å². The van der Waals surface area contributed by atoms with Crippen LogP contribution in [0.25, 0.3) is 0 Å². The van der Waals surface area contributed by atoms with Crippen LogP contribution in [-0.4, -0.2) is 31.3 Å². The summed E-state index contributed by atoms with van der Waals surface area (Å²) < 4.78 is 0.771. The van der Waals surface area contributed by atoms with Gasteiger partial charge in [-0.15, -0.1) is 0 Å². The molecule has 1 aliphatic rings. The summed E-state index contributed by atoms with van der Waals surface area (Å²) in [7, 11) is 0. The fourth-order valence-corrected chi connectivity index (χ4v) is 3.84. The van der Waals surface area contributed by atoms with E-state index >= 15 is 0 Å². The summed E-state index contributed by atoms with van der Waals surface area (Å²) in [5, 5.41) is 3.31. The van der Waals surface area contributed by atoms with Gasteiger partial charge >= 0.3 is 0 Å². The number of amides is 1. The monoisotopic (exact) mass is 435 g/mol. The fraction of sp³-hybridized carbons (Fsp3) is 0.300. The van der Waals surface area contributed by atoms with Crippen LogP contribution in [0.1, 0.15) is 35.2 Å². The number of ketones is 1. The molecule has 1 heterocycles. The van der Waals surface area contributed by atoms with E-state index in [1.165, 1.54) is 11.3 Å². The van der Waals surface area contributed by atoms with E-state index in [0.29, 0.717) is 28.4 Å². The first-order chi connectivity index (χ1) is 12.5. The maximum Gasteiger partial charge on any atom is 0.279 e. The predicted octanol–water partition coefficient (Wildman–Crippen LogP) is 3.34. The minimum Gasteiger partial charge on any atom is -0.327 e. The van der Waals surface area contributed by atoms with Crippen molar-refractivity contribution in [1.82, 2.24) is 0 Å². The zero-order valence-electron chi connectivity index (χ0n) is 14.4. The molecule has 1 aliphatic heterocycles. The Morgan fingerprint density at radius 2 is 1.77 bits per heavy atom. The summed E-state index contributed by atoms with van der Waals surface area (Å²) >= 11 is 9.57. The molecule has 0 unspecified atom stereocenters. The molecule has 0 atom stereocenters. The number of rotatable bonds is 5. The van der Waals surface area contributed by atoms with Crippen molar-refractivity contribution in [3.05, 3.63) is 63.1 Å². The van der Waals surface area contributed by atoms with Crippen LogP contribution >= 0.6 is 27.5 Å². The normalized spacial score (nSPS) is 14.8. The highest BCUT2D eigenvalue weighted by Gasteiger charge is 2.21. The third kappa shape index (κ3) is 4.72. The largest absolute Gasteiger partial charge is 0.327 e. The van der Waals surface area contributed by atoms with Gasteiger partial charge in [-0.1, -0.05) is 39.7 Å². The SMILES string of the molecule is O=C(C[NH+]1CCCCC1)Nc1ccc(Br)cc1C(=O)c1ccccc1Cl. The Kier molecular flexibility index (Phi) is 6.46. The predicted molar refractivity (Wildman–Crippen MR) is 107 cm³/mol. The average molecular weight is 437 g/mol. The lowest BCUT2D eigenvalue weighted by atomic mass is 10.0. The van der Waals surface area contributed by atoms with Gasteiger partial charge in [-0.3, -0.25) is 9.59 Å². The molecule has 4 nitrogen and oxygen atoms in total. The molecule has 0 spiro atoms. The molecule has 6 heteroatoms. The summed E-state index contributed by atoms with van der Waals surface area (Å²) in [6.07, 6.45) is 3.57. The van der Waals surface area contributed by atoms with Gasteiger partial charge in [0.2, 0.25) is 0 Å². The lowest BCUT2D eigenvalue weighted by Crippen LogP contribution is -3.13. The van der Waals surface area contributed by atoms with Gasteiger partial charge in [-0.25, -0.2) is 0 Å². The number of benzene rings is 2. The molecule has 2 aromatic carbocycles. The lowest BCUT2D eigenvalue weighted by Gasteiger charge is -2.23. The number of halogens is 2. The summed E-state index contributed by atoms with van der Waals surface area (Å²) in [6.45, 7) is 2.48. The van der Waals surface area contributed by atoms with Crippen LogP contribution in [0.2, 0.25) is 5.02 Å². The Morgan fingerprint density at radius 1 is 1.04 bits per heavy atom. The number of quaternary nitrogens is 1. The van der Waals surface area contributed by atoms with Crippen molar-refractivity contribution in [3.63, 3.8) is 0 Å². The first-order valence-electron chi connectivity index (χ1n) is 8.77. The number of anilines is 1. The van der Waals surface area contributed by atoms with Crippen molar-refractivity contribution >= 4 is 44.9 Å². The highest BCUT2D eigenvalue weighted by Crippen LogP contribution is 2.26. The molecule has 2 aromatic rings. The lowest BCUT2D eigenvalue weighted by molar-refractivity contribution is -0.896. The minimum absolute atomic E-state index is 0.0718. The van der Waals surface area contributed by atoms with Crippen LogP contribution in [0.3, 0.4) is 0 Å². The smallest absolute Gasteiger partial charge is 0.279 e. The zero-order chi connectivity index (χ0) is 18.5.